The third kappa shape index (κ3) is 4.53. The SMILES string of the molecule is O=C(O)c1cccc(O)c1Cl.OCc1cccc(O)c1Cl. The van der Waals surface area contributed by atoms with Gasteiger partial charge in [-0.3, -0.25) is 0 Å². The number of phenols is 2. The van der Waals surface area contributed by atoms with Crippen LogP contribution in [0.2, 0.25) is 10.0 Å². The van der Waals surface area contributed by atoms with Crippen LogP contribution in [0.4, 0.5) is 0 Å². The van der Waals surface area contributed by atoms with Crippen LogP contribution in [0, 0.1) is 0 Å². The van der Waals surface area contributed by atoms with E-state index in [4.69, 9.17) is 43.6 Å². The minimum Gasteiger partial charge on any atom is -0.506 e. The highest BCUT2D eigenvalue weighted by atomic mass is 35.5. The van der Waals surface area contributed by atoms with Crippen molar-refractivity contribution in [3.05, 3.63) is 57.6 Å². The summed E-state index contributed by atoms with van der Waals surface area (Å²) < 4.78 is 0. The Balaban J connectivity index is 0.000000211. The number of benzene rings is 2. The smallest absolute Gasteiger partial charge is 0.337 e. The number of hydrogen-bond donors (Lipinski definition) is 4. The van der Waals surface area contributed by atoms with Crippen LogP contribution in [0.3, 0.4) is 0 Å². The van der Waals surface area contributed by atoms with Crippen LogP contribution < -0.4 is 0 Å². The second kappa shape index (κ2) is 7.73. The summed E-state index contributed by atoms with van der Waals surface area (Å²) in [5.74, 6) is -1.36. The molecule has 0 fully saturated rings. The van der Waals surface area contributed by atoms with Gasteiger partial charge in [-0.1, -0.05) is 41.4 Å². The Morgan fingerprint density at radius 1 is 0.952 bits per heavy atom. The summed E-state index contributed by atoms with van der Waals surface area (Å²) in [5.41, 5.74) is 0.452. The lowest BCUT2D eigenvalue weighted by Gasteiger charge is -2.00. The van der Waals surface area contributed by atoms with Crippen LogP contribution in [0.15, 0.2) is 36.4 Å². The molecule has 0 heterocycles. The van der Waals surface area contributed by atoms with E-state index < -0.39 is 5.97 Å². The van der Waals surface area contributed by atoms with Gasteiger partial charge in [-0.05, 0) is 23.8 Å². The van der Waals surface area contributed by atoms with E-state index in [0.29, 0.717) is 5.56 Å². The largest absolute Gasteiger partial charge is 0.506 e. The lowest BCUT2D eigenvalue weighted by molar-refractivity contribution is 0.0696. The molecule has 0 radical (unpaired) electrons. The Morgan fingerprint density at radius 2 is 1.48 bits per heavy atom. The lowest BCUT2D eigenvalue weighted by atomic mass is 10.2. The number of phenolic OH excluding ortho intramolecular Hbond substituents is 2. The normalized spacial score (nSPS) is 9.67. The van der Waals surface area contributed by atoms with E-state index in [0.717, 1.165) is 0 Å². The van der Waals surface area contributed by atoms with Gasteiger partial charge < -0.3 is 20.4 Å². The van der Waals surface area contributed by atoms with E-state index >= 15 is 0 Å². The summed E-state index contributed by atoms with van der Waals surface area (Å²) in [6.45, 7) is -0.146. The number of aromatic hydroxyl groups is 2. The molecular formula is C14H12Cl2O5. The molecule has 0 unspecified atom stereocenters. The molecule has 2 aromatic rings. The van der Waals surface area contributed by atoms with Gasteiger partial charge in [-0.2, -0.15) is 0 Å². The molecule has 4 N–H and O–H groups in total. The Morgan fingerprint density at radius 3 is 1.90 bits per heavy atom. The Bertz CT molecular complexity index is 643. The highest BCUT2D eigenvalue weighted by Crippen LogP contribution is 2.26. The second-order valence-corrected chi connectivity index (χ2v) is 4.61. The third-order valence-corrected chi connectivity index (χ3v) is 3.27. The molecule has 2 aromatic carbocycles. The molecule has 0 amide bonds. The summed E-state index contributed by atoms with van der Waals surface area (Å²) in [6, 6.07) is 8.83. The first-order valence-electron chi connectivity index (χ1n) is 5.66. The number of hydrogen-bond acceptors (Lipinski definition) is 4. The predicted molar refractivity (Wildman–Crippen MR) is 79.1 cm³/mol. The van der Waals surface area contributed by atoms with Crippen molar-refractivity contribution in [2.75, 3.05) is 0 Å². The zero-order valence-corrected chi connectivity index (χ0v) is 12.1. The summed E-state index contributed by atoms with van der Waals surface area (Å²) in [6.07, 6.45) is 0. The van der Waals surface area contributed by atoms with Crippen LogP contribution in [0.1, 0.15) is 15.9 Å². The zero-order chi connectivity index (χ0) is 16.0. The van der Waals surface area contributed by atoms with Gasteiger partial charge >= 0.3 is 5.97 Å². The minimum atomic E-state index is -1.15. The number of rotatable bonds is 2. The molecule has 0 saturated carbocycles. The highest BCUT2D eigenvalue weighted by Gasteiger charge is 2.10. The summed E-state index contributed by atoms with van der Waals surface area (Å²) in [7, 11) is 0. The van der Waals surface area contributed by atoms with Crippen molar-refractivity contribution in [2.24, 2.45) is 0 Å². The fraction of sp³-hybridized carbons (Fsp3) is 0.0714. The quantitative estimate of drug-likeness (QED) is 0.677. The maximum Gasteiger partial charge on any atom is 0.337 e. The van der Waals surface area contributed by atoms with Gasteiger partial charge in [-0.25, -0.2) is 4.79 Å². The number of aliphatic hydroxyl groups is 1. The average Bonchev–Trinajstić information content (AvgIpc) is 2.45. The van der Waals surface area contributed by atoms with Gasteiger partial charge in [0.25, 0.3) is 0 Å². The molecule has 112 valence electrons. The van der Waals surface area contributed by atoms with Crippen LogP contribution in [0.5, 0.6) is 11.5 Å². The van der Waals surface area contributed by atoms with Gasteiger partial charge in [0.1, 0.15) is 11.5 Å². The molecule has 2 rings (SSSR count). The maximum atomic E-state index is 10.4. The molecular weight excluding hydrogens is 319 g/mol. The van der Waals surface area contributed by atoms with Gasteiger partial charge in [0, 0.05) is 0 Å². The molecule has 0 spiro atoms. The minimum absolute atomic E-state index is 0.00761. The van der Waals surface area contributed by atoms with Crippen molar-refractivity contribution in [1.82, 2.24) is 0 Å². The molecule has 0 aliphatic carbocycles. The fourth-order valence-electron chi connectivity index (χ4n) is 1.37. The van der Waals surface area contributed by atoms with E-state index in [-0.39, 0.29) is 33.7 Å². The third-order valence-electron chi connectivity index (χ3n) is 2.44. The molecule has 0 aliphatic heterocycles. The number of carbonyl (C=O) groups is 1. The van der Waals surface area contributed by atoms with Crippen LogP contribution in [0.25, 0.3) is 0 Å². The standard InChI is InChI=1S/C7H5ClO3.C7H7ClO2/c8-6-4(7(10)11)2-1-3-5(6)9;8-7-5(4-9)2-1-3-6(7)10/h1-3,9H,(H,10,11);1-3,9-10H,4H2. The molecule has 0 aliphatic rings. The number of carboxylic acid groups (broad SMARTS) is 1. The molecule has 0 bridgehead atoms. The van der Waals surface area contributed by atoms with Gasteiger partial charge in [0.15, 0.2) is 0 Å². The summed E-state index contributed by atoms with van der Waals surface area (Å²) in [5, 5.41) is 35.2. The molecule has 0 saturated heterocycles. The first-order chi connectivity index (χ1) is 9.88. The fourth-order valence-corrected chi connectivity index (χ4v) is 1.77. The lowest BCUT2D eigenvalue weighted by Crippen LogP contribution is -1.96. The van der Waals surface area contributed by atoms with Crippen molar-refractivity contribution in [2.45, 2.75) is 6.61 Å². The Kier molecular flexibility index (Phi) is 6.30. The monoisotopic (exact) mass is 330 g/mol. The van der Waals surface area contributed by atoms with Crippen molar-refractivity contribution in [1.29, 1.82) is 0 Å². The molecule has 7 heteroatoms. The average molecular weight is 331 g/mol. The van der Waals surface area contributed by atoms with Crippen molar-refractivity contribution in [3.63, 3.8) is 0 Å². The van der Waals surface area contributed by atoms with E-state index in [1.54, 1.807) is 12.1 Å². The van der Waals surface area contributed by atoms with Crippen molar-refractivity contribution >= 4 is 29.2 Å². The highest BCUT2D eigenvalue weighted by molar-refractivity contribution is 6.34. The van der Waals surface area contributed by atoms with E-state index in [2.05, 4.69) is 0 Å². The second-order valence-electron chi connectivity index (χ2n) is 3.85. The summed E-state index contributed by atoms with van der Waals surface area (Å²) >= 11 is 11.0. The molecule has 5 nitrogen and oxygen atoms in total. The van der Waals surface area contributed by atoms with E-state index in [1.165, 1.54) is 24.3 Å². The summed E-state index contributed by atoms with van der Waals surface area (Å²) in [4.78, 5) is 10.4. The van der Waals surface area contributed by atoms with Gasteiger partial charge in [-0.15, -0.1) is 0 Å². The maximum absolute atomic E-state index is 10.4. The van der Waals surface area contributed by atoms with Crippen LogP contribution >= 0.6 is 23.2 Å². The molecule has 21 heavy (non-hydrogen) atoms. The number of aromatic carboxylic acids is 1. The number of aliphatic hydroxyl groups excluding tert-OH is 1. The number of carboxylic acids is 1. The first kappa shape index (κ1) is 17.1. The van der Waals surface area contributed by atoms with E-state index in [1.807, 2.05) is 0 Å². The van der Waals surface area contributed by atoms with Gasteiger partial charge in [0.2, 0.25) is 0 Å². The van der Waals surface area contributed by atoms with Gasteiger partial charge in [0.05, 0.1) is 22.2 Å². The van der Waals surface area contributed by atoms with Crippen molar-refractivity contribution in [3.8, 4) is 11.5 Å². The van der Waals surface area contributed by atoms with Crippen LogP contribution in [-0.4, -0.2) is 26.4 Å². The van der Waals surface area contributed by atoms with Crippen LogP contribution in [-0.2, 0) is 6.61 Å². The first-order valence-corrected chi connectivity index (χ1v) is 6.42. The Labute approximate surface area is 130 Å². The molecule has 0 atom stereocenters. The predicted octanol–water partition coefficient (Wildman–Crippen LogP) is 3.28. The zero-order valence-electron chi connectivity index (χ0n) is 10.6. The topological polar surface area (TPSA) is 98.0 Å². The number of halogens is 2. The Hall–Kier alpha value is -1.95. The van der Waals surface area contributed by atoms with E-state index in [9.17, 15) is 4.79 Å². The van der Waals surface area contributed by atoms with Crippen molar-refractivity contribution < 1.29 is 25.2 Å². The molecule has 0 aromatic heterocycles.